The Morgan fingerprint density at radius 2 is 1.76 bits per heavy atom. The first-order valence-corrected chi connectivity index (χ1v) is 13.7. The molecule has 1 heterocycles. The van der Waals surface area contributed by atoms with Crippen LogP contribution in [0.3, 0.4) is 0 Å². The summed E-state index contributed by atoms with van der Waals surface area (Å²) >= 11 is -1.09. The van der Waals surface area contributed by atoms with Crippen LogP contribution in [0.25, 0.3) is 11.3 Å². The van der Waals surface area contributed by atoms with Gasteiger partial charge in [0.1, 0.15) is 6.26 Å². The lowest BCUT2D eigenvalue weighted by Gasteiger charge is -2.34. The van der Waals surface area contributed by atoms with E-state index in [9.17, 15) is 4.55 Å². The van der Waals surface area contributed by atoms with Gasteiger partial charge in [-0.2, -0.15) is 0 Å². The molecule has 0 N–H and O–H groups in total. The molecule has 3 aromatic rings. The quantitative estimate of drug-likeness (QED) is 0.381. The van der Waals surface area contributed by atoms with Crippen molar-refractivity contribution < 1.29 is 4.55 Å². The molecule has 2 aromatic carbocycles. The van der Waals surface area contributed by atoms with Crippen LogP contribution in [0.1, 0.15) is 66.2 Å². The van der Waals surface area contributed by atoms with Gasteiger partial charge < -0.3 is 4.55 Å². The Kier molecular flexibility index (Phi) is 7.58. The smallest absolute Gasteiger partial charge is 0.160 e. The zero-order chi connectivity index (χ0) is 23.5. The van der Waals surface area contributed by atoms with Crippen LogP contribution >= 0.6 is 0 Å². The molecule has 0 fully saturated rings. The Morgan fingerprint density at radius 1 is 1.06 bits per heavy atom. The molecule has 3 nitrogen and oxygen atoms in total. The molecule has 174 valence electrons. The number of benzene rings is 2. The van der Waals surface area contributed by atoms with E-state index in [-0.39, 0.29) is 0 Å². The Bertz CT molecular complexity index is 1100. The summed E-state index contributed by atoms with van der Waals surface area (Å²) in [6.45, 7) is 7.21. The first-order valence-electron chi connectivity index (χ1n) is 12.2. The lowest BCUT2D eigenvalue weighted by Crippen LogP contribution is -2.28. The van der Waals surface area contributed by atoms with Crippen molar-refractivity contribution in [2.45, 2.75) is 70.4 Å². The first kappa shape index (κ1) is 24.0. The van der Waals surface area contributed by atoms with Crippen molar-refractivity contribution in [1.29, 1.82) is 0 Å². The second kappa shape index (κ2) is 10.4. The number of rotatable bonds is 7. The Morgan fingerprint density at radius 3 is 2.42 bits per heavy atom. The SMILES string of the molecule is CCc1cccc(CC)c1-c1cc([S+](C)[O-])c(CN(C)C2CCCc3ccccc32)c(C)n1. The summed E-state index contributed by atoms with van der Waals surface area (Å²) in [5, 5.41) is 0. The summed E-state index contributed by atoms with van der Waals surface area (Å²) in [5.41, 5.74) is 9.79. The topological polar surface area (TPSA) is 39.2 Å². The molecule has 0 radical (unpaired) electrons. The lowest BCUT2D eigenvalue weighted by molar-refractivity contribution is 0.211. The van der Waals surface area contributed by atoms with Crippen molar-refractivity contribution in [3.63, 3.8) is 0 Å². The van der Waals surface area contributed by atoms with Crippen molar-refractivity contribution in [3.05, 3.63) is 82.0 Å². The van der Waals surface area contributed by atoms with Crippen LogP contribution in [0.15, 0.2) is 53.4 Å². The van der Waals surface area contributed by atoms with Crippen LogP contribution in [0.5, 0.6) is 0 Å². The largest absolute Gasteiger partial charge is 0.612 e. The highest BCUT2D eigenvalue weighted by molar-refractivity contribution is 7.90. The minimum atomic E-state index is -1.09. The highest BCUT2D eigenvalue weighted by Crippen LogP contribution is 2.36. The van der Waals surface area contributed by atoms with E-state index in [1.54, 1.807) is 6.26 Å². The fraction of sp³-hybridized carbons (Fsp3) is 0.414. The van der Waals surface area contributed by atoms with Crippen molar-refractivity contribution in [1.82, 2.24) is 9.88 Å². The zero-order valence-electron chi connectivity index (χ0n) is 20.6. The average Bonchev–Trinajstić information content (AvgIpc) is 2.83. The highest BCUT2D eigenvalue weighted by atomic mass is 32.2. The number of hydrogen-bond donors (Lipinski definition) is 0. The van der Waals surface area contributed by atoms with E-state index >= 15 is 0 Å². The van der Waals surface area contributed by atoms with Gasteiger partial charge >= 0.3 is 0 Å². The standard InChI is InChI=1S/C29H36N2OS/c1-6-21-13-10-14-22(7-2)29(21)26-18-28(33(5)32)25(20(3)30-26)19-31(4)27-17-11-15-23-12-8-9-16-24(23)27/h8-10,12-14,16,18,27H,6-7,11,15,17,19H2,1-5H3. The minimum absolute atomic E-state index is 0.389. The van der Waals surface area contributed by atoms with E-state index in [2.05, 4.69) is 81.2 Å². The molecule has 0 aliphatic heterocycles. The third-order valence-electron chi connectivity index (χ3n) is 7.13. The second-order valence-electron chi connectivity index (χ2n) is 9.20. The summed E-state index contributed by atoms with van der Waals surface area (Å²) in [5.74, 6) is 0. The first-order chi connectivity index (χ1) is 15.9. The van der Waals surface area contributed by atoms with Crippen LogP contribution in [0.2, 0.25) is 0 Å². The van der Waals surface area contributed by atoms with E-state index in [0.717, 1.165) is 54.1 Å². The molecule has 0 spiro atoms. The Hall–Kier alpha value is -2.14. The molecule has 2 unspecified atom stereocenters. The maximum absolute atomic E-state index is 12.9. The van der Waals surface area contributed by atoms with Gasteiger partial charge in [0.2, 0.25) is 0 Å². The molecule has 0 bridgehead atoms. The Labute approximate surface area is 202 Å². The fourth-order valence-electron chi connectivity index (χ4n) is 5.36. The van der Waals surface area contributed by atoms with Gasteiger partial charge in [-0.1, -0.05) is 56.3 Å². The number of aryl methyl sites for hydroxylation is 4. The zero-order valence-corrected chi connectivity index (χ0v) is 21.5. The number of pyridine rings is 1. The Balaban J connectivity index is 1.73. The maximum Gasteiger partial charge on any atom is 0.160 e. The van der Waals surface area contributed by atoms with E-state index in [0.29, 0.717) is 6.04 Å². The van der Waals surface area contributed by atoms with E-state index < -0.39 is 11.2 Å². The molecule has 4 heteroatoms. The lowest BCUT2D eigenvalue weighted by atomic mass is 9.87. The van der Waals surface area contributed by atoms with Crippen molar-refractivity contribution in [3.8, 4) is 11.3 Å². The van der Waals surface area contributed by atoms with Crippen LogP contribution in [0.4, 0.5) is 0 Å². The molecule has 0 saturated carbocycles. The monoisotopic (exact) mass is 460 g/mol. The molecule has 1 aromatic heterocycles. The highest BCUT2D eigenvalue weighted by Gasteiger charge is 2.27. The molecular weight excluding hydrogens is 424 g/mol. The molecule has 0 amide bonds. The van der Waals surface area contributed by atoms with E-state index in [1.165, 1.54) is 34.2 Å². The molecule has 0 saturated heterocycles. The molecule has 4 rings (SSSR count). The summed E-state index contributed by atoms with van der Waals surface area (Å²) in [6, 6.07) is 17.8. The van der Waals surface area contributed by atoms with Gasteiger partial charge in [0.25, 0.3) is 0 Å². The fourth-order valence-corrected chi connectivity index (χ4v) is 6.20. The number of aromatic nitrogens is 1. The van der Waals surface area contributed by atoms with E-state index in [1.807, 2.05) is 0 Å². The number of fused-ring (bicyclic) bond motifs is 1. The minimum Gasteiger partial charge on any atom is -0.612 e. The van der Waals surface area contributed by atoms with Crippen LogP contribution < -0.4 is 0 Å². The normalized spacial score (nSPS) is 16.6. The van der Waals surface area contributed by atoms with Gasteiger partial charge in [-0.25, -0.2) is 0 Å². The summed E-state index contributed by atoms with van der Waals surface area (Å²) in [7, 11) is 2.20. The van der Waals surface area contributed by atoms with Crippen molar-refractivity contribution in [2.24, 2.45) is 0 Å². The van der Waals surface area contributed by atoms with Gasteiger partial charge in [0, 0.05) is 35.5 Å². The van der Waals surface area contributed by atoms with Gasteiger partial charge in [0.15, 0.2) is 4.90 Å². The molecule has 1 aliphatic carbocycles. The summed E-state index contributed by atoms with van der Waals surface area (Å²) in [6.07, 6.45) is 7.25. The average molecular weight is 461 g/mol. The summed E-state index contributed by atoms with van der Waals surface area (Å²) < 4.78 is 12.9. The predicted octanol–water partition coefficient (Wildman–Crippen LogP) is 6.43. The number of nitrogens with zero attached hydrogens (tertiary/aromatic N) is 2. The second-order valence-corrected chi connectivity index (χ2v) is 10.6. The third kappa shape index (κ3) is 4.89. The van der Waals surface area contributed by atoms with Gasteiger partial charge in [-0.15, -0.1) is 0 Å². The van der Waals surface area contributed by atoms with Gasteiger partial charge in [-0.05, 0) is 79.5 Å². The maximum atomic E-state index is 12.9. The van der Waals surface area contributed by atoms with Gasteiger partial charge in [-0.3, -0.25) is 9.88 Å². The predicted molar refractivity (Wildman–Crippen MR) is 139 cm³/mol. The van der Waals surface area contributed by atoms with Crippen LogP contribution in [-0.2, 0) is 37.0 Å². The van der Waals surface area contributed by atoms with Crippen molar-refractivity contribution >= 4 is 11.2 Å². The van der Waals surface area contributed by atoms with Crippen molar-refractivity contribution in [2.75, 3.05) is 13.3 Å². The summed E-state index contributed by atoms with van der Waals surface area (Å²) in [4.78, 5) is 8.43. The van der Waals surface area contributed by atoms with E-state index in [4.69, 9.17) is 4.98 Å². The molecular formula is C29H36N2OS. The van der Waals surface area contributed by atoms with Crippen LogP contribution in [0, 0.1) is 6.92 Å². The third-order valence-corrected chi connectivity index (χ3v) is 8.12. The van der Waals surface area contributed by atoms with Gasteiger partial charge in [0.05, 0.1) is 5.69 Å². The molecule has 1 aliphatic rings. The van der Waals surface area contributed by atoms with Crippen LogP contribution in [-0.4, -0.2) is 27.7 Å². The number of hydrogen-bond acceptors (Lipinski definition) is 3. The molecule has 2 atom stereocenters. The molecule has 33 heavy (non-hydrogen) atoms.